The van der Waals surface area contributed by atoms with Gasteiger partial charge in [0, 0.05) is 13.0 Å². The molecule has 0 aromatic rings. The molecule has 2 rings (SSSR count). The number of hydrogen-bond acceptors (Lipinski definition) is 4. The van der Waals surface area contributed by atoms with Gasteiger partial charge in [0.15, 0.2) is 9.84 Å². The standard InChI is InChI=1S/C11H19NO4S/c13-7-10-2-1-4-12(10)11(14)6-9-3-5-17(15,16)8-9/h9-10,13H,1-8H2/t9?,10-/m0/s1. The minimum Gasteiger partial charge on any atom is -0.394 e. The van der Waals surface area contributed by atoms with Crippen molar-refractivity contribution in [2.45, 2.75) is 31.7 Å². The van der Waals surface area contributed by atoms with E-state index in [0.29, 0.717) is 19.4 Å². The van der Waals surface area contributed by atoms with Crippen molar-refractivity contribution in [3.63, 3.8) is 0 Å². The Hall–Kier alpha value is -0.620. The Bertz CT molecular complexity index is 392. The maximum Gasteiger partial charge on any atom is 0.223 e. The van der Waals surface area contributed by atoms with Crippen molar-refractivity contribution >= 4 is 15.7 Å². The molecular weight excluding hydrogens is 242 g/mol. The molecule has 5 nitrogen and oxygen atoms in total. The van der Waals surface area contributed by atoms with Crippen LogP contribution in [0.5, 0.6) is 0 Å². The summed E-state index contributed by atoms with van der Waals surface area (Å²) in [5, 5.41) is 9.14. The molecule has 2 saturated heterocycles. The number of aliphatic hydroxyl groups is 1. The lowest BCUT2D eigenvalue weighted by molar-refractivity contribution is -0.133. The van der Waals surface area contributed by atoms with Crippen LogP contribution >= 0.6 is 0 Å². The van der Waals surface area contributed by atoms with E-state index in [2.05, 4.69) is 0 Å². The largest absolute Gasteiger partial charge is 0.394 e. The van der Waals surface area contributed by atoms with Gasteiger partial charge in [-0.05, 0) is 25.2 Å². The van der Waals surface area contributed by atoms with Crippen molar-refractivity contribution in [3.8, 4) is 0 Å². The minimum atomic E-state index is -2.90. The molecule has 2 aliphatic heterocycles. The SMILES string of the molecule is O=C(CC1CCS(=O)(=O)C1)N1CCC[C@H]1CO. The van der Waals surface area contributed by atoms with Gasteiger partial charge in [0.2, 0.25) is 5.91 Å². The van der Waals surface area contributed by atoms with Gasteiger partial charge in [-0.2, -0.15) is 0 Å². The van der Waals surface area contributed by atoms with Crippen LogP contribution in [0.3, 0.4) is 0 Å². The van der Waals surface area contributed by atoms with Gasteiger partial charge in [0.1, 0.15) is 0 Å². The zero-order chi connectivity index (χ0) is 12.5. The number of carbonyl (C=O) groups is 1. The van der Waals surface area contributed by atoms with Gasteiger partial charge in [-0.15, -0.1) is 0 Å². The Morgan fingerprint density at radius 1 is 1.35 bits per heavy atom. The number of hydrogen-bond donors (Lipinski definition) is 1. The number of sulfone groups is 1. The molecule has 2 heterocycles. The van der Waals surface area contributed by atoms with Crippen molar-refractivity contribution in [2.24, 2.45) is 5.92 Å². The van der Waals surface area contributed by atoms with Crippen LogP contribution in [0.2, 0.25) is 0 Å². The van der Waals surface area contributed by atoms with E-state index in [9.17, 15) is 13.2 Å². The molecule has 0 aromatic carbocycles. The summed E-state index contributed by atoms with van der Waals surface area (Å²) in [5.74, 6) is 0.348. The molecule has 2 atom stereocenters. The highest BCUT2D eigenvalue weighted by Crippen LogP contribution is 2.25. The van der Waals surface area contributed by atoms with Gasteiger partial charge >= 0.3 is 0 Å². The van der Waals surface area contributed by atoms with Gasteiger partial charge in [-0.25, -0.2) is 8.42 Å². The van der Waals surface area contributed by atoms with Crippen molar-refractivity contribution in [2.75, 3.05) is 24.7 Å². The molecule has 0 aromatic heterocycles. The van der Waals surface area contributed by atoms with Crippen molar-refractivity contribution in [1.82, 2.24) is 4.90 Å². The van der Waals surface area contributed by atoms with Gasteiger partial charge in [0.05, 0.1) is 24.2 Å². The lowest BCUT2D eigenvalue weighted by atomic mass is 10.0. The molecule has 0 bridgehead atoms. The van der Waals surface area contributed by atoms with Crippen molar-refractivity contribution in [1.29, 1.82) is 0 Å². The average Bonchev–Trinajstić information content (AvgIpc) is 2.84. The van der Waals surface area contributed by atoms with E-state index in [1.165, 1.54) is 0 Å². The Kier molecular flexibility index (Phi) is 3.73. The molecule has 0 radical (unpaired) electrons. The molecule has 1 unspecified atom stereocenters. The second-order valence-electron chi connectivity index (χ2n) is 5.04. The maximum atomic E-state index is 12.0. The first-order valence-electron chi connectivity index (χ1n) is 6.12. The van der Waals surface area contributed by atoms with Crippen LogP contribution in [-0.4, -0.2) is 55.0 Å². The van der Waals surface area contributed by atoms with Crippen LogP contribution in [-0.2, 0) is 14.6 Å². The first kappa shape index (κ1) is 12.8. The lowest BCUT2D eigenvalue weighted by Crippen LogP contribution is -2.38. The van der Waals surface area contributed by atoms with E-state index >= 15 is 0 Å². The summed E-state index contributed by atoms with van der Waals surface area (Å²) >= 11 is 0. The fourth-order valence-corrected chi connectivity index (χ4v) is 4.61. The number of aliphatic hydroxyl groups excluding tert-OH is 1. The van der Waals surface area contributed by atoms with Crippen LogP contribution in [0, 0.1) is 5.92 Å². The monoisotopic (exact) mass is 261 g/mol. The summed E-state index contributed by atoms with van der Waals surface area (Å²) in [6, 6.07) is -0.0551. The van der Waals surface area contributed by atoms with E-state index < -0.39 is 9.84 Å². The van der Waals surface area contributed by atoms with Crippen molar-refractivity contribution < 1.29 is 18.3 Å². The number of likely N-dealkylation sites (tertiary alicyclic amines) is 1. The smallest absolute Gasteiger partial charge is 0.223 e. The molecular formula is C11H19NO4S. The number of carbonyl (C=O) groups excluding carboxylic acids is 1. The maximum absolute atomic E-state index is 12.0. The molecule has 0 saturated carbocycles. The molecule has 1 N–H and O–H groups in total. The predicted octanol–water partition coefficient (Wildman–Crippen LogP) is -0.206. The van der Waals surface area contributed by atoms with Gasteiger partial charge < -0.3 is 10.0 Å². The summed E-state index contributed by atoms with van der Waals surface area (Å²) in [4.78, 5) is 13.7. The second-order valence-corrected chi connectivity index (χ2v) is 7.27. The average molecular weight is 261 g/mol. The van der Waals surface area contributed by atoms with Crippen LogP contribution in [0.15, 0.2) is 0 Å². The van der Waals surface area contributed by atoms with Gasteiger partial charge in [-0.1, -0.05) is 0 Å². The van der Waals surface area contributed by atoms with Gasteiger partial charge in [0.25, 0.3) is 0 Å². The van der Waals surface area contributed by atoms with Crippen LogP contribution in [0.25, 0.3) is 0 Å². The quantitative estimate of drug-likeness (QED) is 0.763. The fraction of sp³-hybridized carbons (Fsp3) is 0.909. The zero-order valence-electron chi connectivity index (χ0n) is 9.84. The molecule has 0 aliphatic carbocycles. The van der Waals surface area contributed by atoms with Crippen LogP contribution < -0.4 is 0 Å². The van der Waals surface area contributed by atoms with Crippen molar-refractivity contribution in [3.05, 3.63) is 0 Å². The van der Waals surface area contributed by atoms with Gasteiger partial charge in [-0.3, -0.25) is 4.79 Å². The lowest BCUT2D eigenvalue weighted by Gasteiger charge is -2.24. The number of amides is 1. The summed E-state index contributed by atoms with van der Waals surface area (Å²) < 4.78 is 22.6. The first-order chi connectivity index (χ1) is 8.02. The van der Waals surface area contributed by atoms with Crippen LogP contribution in [0.1, 0.15) is 25.7 Å². The Labute approximate surface area is 102 Å². The Morgan fingerprint density at radius 3 is 2.71 bits per heavy atom. The third-order valence-corrected chi connectivity index (χ3v) is 5.54. The molecule has 0 spiro atoms. The highest BCUT2D eigenvalue weighted by molar-refractivity contribution is 7.91. The topological polar surface area (TPSA) is 74.7 Å². The Balaban J connectivity index is 1.89. The molecule has 6 heteroatoms. The normalized spacial score (nSPS) is 31.9. The summed E-state index contributed by atoms with van der Waals surface area (Å²) in [6.45, 7) is 0.707. The molecule has 17 heavy (non-hydrogen) atoms. The first-order valence-corrected chi connectivity index (χ1v) is 7.95. The summed E-state index contributed by atoms with van der Waals surface area (Å²) in [7, 11) is -2.90. The zero-order valence-corrected chi connectivity index (χ0v) is 10.7. The Morgan fingerprint density at radius 2 is 2.12 bits per heavy atom. The van der Waals surface area contributed by atoms with E-state index in [0.717, 1.165) is 12.8 Å². The van der Waals surface area contributed by atoms with E-state index in [4.69, 9.17) is 5.11 Å². The number of rotatable bonds is 3. The van der Waals surface area contributed by atoms with E-state index in [1.54, 1.807) is 4.90 Å². The van der Waals surface area contributed by atoms with E-state index in [1.807, 2.05) is 0 Å². The molecule has 1 amide bonds. The van der Waals surface area contributed by atoms with Crippen LogP contribution in [0.4, 0.5) is 0 Å². The third-order valence-electron chi connectivity index (χ3n) is 3.70. The molecule has 2 fully saturated rings. The molecule has 2 aliphatic rings. The minimum absolute atomic E-state index is 0.00338. The highest BCUT2D eigenvalue weighted by atomic mass is 32.2. The third kappa shape index (κ3) is 2.98. The summed E-state index contributed by atoms with van der Waals surface area (Å²) in [5.41, 5.74) is 0. The van der Waals surface area contributed by atoms with E-state index in [-0.39, 0.29) is 36.0 Å². The predicted molar refractivity (Wildman–Crippen MR) is 63.2 cm³/mol. The summed E-state index contributed by atoms with van der Waals surface area (Å²) in [6.07, 6.45) is 2.70. The molecule has 98 valence electrons. The highest BCUT2D eigenvalue weighted by Gasteiger charge is 2.33. The fourth-order valence-electron chi connectivity index (χ4n) is 2.75. The second kappa shape index (κ2) is 4.94. The number of nitrogens with zero attached hydrogens (tertiary/aromatic N) is 1.